The van der Waals surface area contributed by atoms with Crippen molar-refractivity contribution >= 4 is 17.5 Å². The van der Waals surface area contributed by atoms with E-state index in [2.05, 4.69) is 67.2 Å². The first-order valence-electron chi connectivity index (χ1n) is 11.4. The summed E-state index contributed by atoms with van der Waals surface area (Å²) in [4.78, 5) is 28.7. The van der Waals surface area contributed by atoms with Crippen LogP contribution in [0.3, 0.4) is 0 Å². The van der Waals surface area contributed by atoms with E-state index < -0.39 is 5.97 Å². The van der Waals surface area contributed by atoms with E-state index in [9.17, 15) is 9.59 Å². The highest BCUT2D eigenvalue weighted by Gasteiger charge is 2.41. The van der Waals surface area contributed by atoms with E-state index in [1.54, 1.807) is 6.92 Å². The molecule has 2 aromatic rings. The van der Waals surface area contributed by atoms with Crippen LogP contribution in [0.25, 0.3) is 11.1 Å². The van der Waals surface area contributed by atoms with Crippen LogP contribution >= 0.6 is 0 Å². The van der Waals surface area contributed by atoms with Gasteiger partial charge in [-0.1, -0.05) is 74.5 Å². The summed E-state index contributed by atoms with van der Waals surface area (Å²) in [5.74, 6) is 0.973. The third-order valence-corrected chi connectivity index (χ3v) is 7.12. The van der Waals surface area contributed by atoms with Gasteiger partial charge in [0.2, 0.25) is 5.78 Å². The van der Waals surface area contributed by atoms with Crippen molar-refractivity contribution in [2.75, 3.05) is 0 Å². The fraction of sp³-hybridized carbons (Fsp3) is 0.393. The maximum Gasteiger partial charge on any atom is 0.331 e. The largest absolute Gasteiger partial charge is 0.331 e. The minimum atomic E-state index is -0.543. The number of hydrogen-bond donors (Lipinski definition) is 0. The molecule has 4 rings (SSSR count). The molecule has 0 heterocycles. The predicted molar refractivity (Wildman–Crippen MR) is 128 cm³/mol. The Balaban J connectivity index is 1.72. The molecule has 4 unspecified atom stereocenters. The van der Waals surface area contributed by atoms with Crippen LogP contribution in [-0.2, 0) is 15.0 Å². The summed E-state index contributed by atoms with van der Waals surface area (Å²) >= 11 is 0. The van der Waals surface area contributed by atoms with E-state index in [1.807, 2.05) is 18.2 Å². The van der Waals surface area contributed by atoms with Gasteiger partial charge in [-0.2, -0.15) is 0 Å². The summed E-state index contributed by atoms with van der Waals surface area (Å²) in [6.07, 6.45) is 6.93. The molecule has 4 heteroatoms. The van der Waals surface area contributed by atoms with Crippen LogP contribution in [0.4, 0.5) is 0 Å². The van der Waals surface area contributed by atoms with Crippen molar-refractivity contribution in [3.8, 4) is 11.1 Å². The number of carbonyl (C=O) groups excluding carboxylic acids is 2. The van der Waals surface area contributed by atoms with Gasteiger partial charge in [-0.05, 0) is 65.8 Å². The quantitative estimate of drug-likeness (QED) is 0.177. The zero-order chi connectivity index (χ0) is 23.0. The fourth-order valence-corrected chi connectivity index (χ4v) is 5.46. The number of oxime groups is 1. The number of benzene rings is 2. The summed E-state index contributed by atoms with van der Waals surface area (Å²) in [7, 11) is 0. The van der Waals surface area contributed by atoms with E-state index in [0.29, 0.717) is 23.3 Å². The molecule has 0 saturated heterocycles. The van der Waals surface area contributed by atoms with Gasteiger partial charge in [0.15, 0.2) is 0 Å². The number of allylic oxidation sites excluding steroid dienone is 2. The molecular weight excluding hydrogens is 398 g/mol. The third kappa shape index (κ3) is 3.94. The summed E-state index contributed by atoms with van der Waals surface area (Å²) in [5, 5.41) is 3.69. The molecule has 0 fully saturated rings. The Morgan fingerprint density at radius 3 is 2.50 bits per heavy atom. The topological polar surface area (TPSA) is 55.7 Å². The van der Waals surface area contributed by atoms with Crippen LogP contribution in [-0.4, -0.2) is 17.5 Å². The highest BCUT2D eigenvalue weighted by Crippen LogP contribution is 2.53. The van der Waals surface area contributed by atoms with Gasteiger partial charge in [0.1, 0.15) is 5.71 Å². The number of hydrogen-bond acceptors (Lipinski definition) is 4. The number of nitrogens with zero attached hydrogens (tertiary/aromatic N) is 1. The van der Waals surface area contributed by atoms with Crippen molar-refractivity contribution in [1.29, 1.82) is 0 Å². The Bertz CT molecular complexity index is 1130. The zero-order valence-electron chi connectivity index (χ0n) is 19.5. The minimum Gasteiger partial charge on any atom is -0.318 e. The zero-order valence-corrected chi connectivity index (χ0v) is 19.5. The molecule has 0 aromatic heterocycles. The minimum absolute atomic E-state index is 0.163. The van der Waals surface area contributed by atoms with Gasteiger partial charge in [0.05, 0.1) is 0 Å². The van der Waals surface area contributed by atoms with Crippen molar-refractivity contribution in [1.82, 2.24) is 0 Å². The van der Waals surface area contributed by atoms with Crippen molar-refractivity contribution < 1.29 is 14.4 Å². The lowest BCUT2D eigenvalue weighted by Crippen LogP contribution is -2.27. The first-order chi connectivity index (χ1) is 15.2. The maximum atomic E-state index is 13.0. The van der Waals surface area contributed by atoms with Crippen molar-refractivity contribution in [3.63, 3.8) is 0 Å². The average molecular weight is 430 g/mol. The van der Waals surface area contributed by atoms with Crippen molar-refractivity contribution in [2.45, 2.75) is 52.9 Å². The molecule has 2 aliphatic carbocycles. The van der Waals surface area contributed by atoms with Gasteiger partial charge in [0.25, 0.3) is 0 Å². The van der Waals surface area contributed by atoms with Gasteiger partial charge in [-0.15, -0.1) is 0 Å². The predicted octanol–water partition coefficient (Wildman–Crippen LogP) is 6.33. The Morgan fingerprint density at radius 1 is 1.09 bits per heavy atom. The first-order valence-corrected chi connectivity index (χ1v) is 11.4. The van der Waals surface area contributed by atoms with Gasteiger partial charge in [-0.3, -0.25) is 4.79 Å². The molecule has 0 aliphatic heterocycles. The van der Waals surface area contributed by atoms with Crippen LogP contribution in [0, 0.1) is 17.8 Å². The average Bonchev–Trinajstić information content (AvgIpc) is 3.32. The van der Waals surface area contributed by atoms with Crippen LogP contribution in [0.1, 0.15) is 68.9 Å². The number of fused-ring (bicyclic) bond motifs is 3. The Kier molecular flexibility index (Phi) is 5.89. The standard InChI is InChI=1S/C28H31NO3/c1-17-10-11-21(14-17)18(2)16-28(5)25-9-7-6-8-23(25)24-13-12-22(15-26(24)28)27(31)19(3)29-32-20(4)30/h6-13,15,17-18,21H,14,16H2,1-5H3/b29-19+. The molecule has 0 bridgehead atoms. The van der Waals surface area contributed by atoms with E-state index in [-0.39, 0.29) is 16.9 Å². The molecule has 0 spiro atoms. The van der Waals surface area contributed by atoms with Crippen molar-refractivity contribution in [3.05, 3.63) is 71.3 Å². The van der Waals surface area contributed by atoms with Crippen LogP contribution in [0.5, 0.6) is 0 Å². The highest BCUT2D eigenvalue weighted by atomic mass is 16.7. The molecule has 0 amide bonds. The Labute approximate surface area is 190 Å². The molecule has 2 aliphatic rings. The van der Waals surface area contributed by atoms with Crippen LogP contribution in [0.2, 0.25) is 0 Å². The Morgan fingerprint density at radius 2 is 1.81 bits per heavy atom. The molecule has 0 saturated carbocycles. The molecular formula is C28H31NO3. The molecule has 32 heavy (non-hydrogen) atoms. The lowest BCUT2D eigenvalue weighted by atomic mass is 9.70. The number of Topliss-reactive ketones (excluding diaryl/α,β-unsaturated/α-hetero) is 1. The summed E-state index contributed by atoms with van der Waals surface area (Å²) < 4.78 is 0. The molecule has 0 N–H and O–H groups in total. The summed E-state index contributed by atoms with van der Waals surface area (Å²) in [6, 6.07) is 14.5. The monoisotopic (exact) mass is 429 g/mol. The van der Waals surface area contributed by atoms with E-state index in [1.165, 1.54) is 35.6 Å². The molecule has 166 valence electrons. The SMILES string of the molecule is CC(=O)O/N=C(\C)C(=O)c1ccc2c(c1)C(C)(CC(C)C1C=CC(C)C1)c1ccccc1-2. The van der Waals surface area contributed by atoms with Gasteiger partial charge < -0.3 is 4.84 Å². The number of ketones is 1. The number of rotatable bonds is 6. The van der Waals surface area contributed by atoms with Crippen LogP contribution in [0.15, 0.2) is 59.8 Å². The normalized spacial score (nSPS) is 24.7. The Hall–Kier alpha value is -3.01. The van der Waals surface area contributed by atoms with E-state index in [0.717, 1.165) is 6.42 Å². The second kappa shape index (κ2) is 8.50. The lowest BCUT2D eigenvalue weighted by Gasteiger charge is -2.33. The smallest absolute Gasteiger partial charge is 0.318 e. The van der Waals surface area contributed by atoms with Crippen LogP contribution < -0.4 is 0 Å². The summed E-state index contributed by atoms with van der Waals surface area (Å²) in [5.41, 5.74) is 5.50. The highest BCUT2D eigenvalue weighted by molar-refractivity contribution is 6.45. The molecule has 4 nitrogen and oxygen atoms in total. The maximum absolute atomic E-state index is 13.0. The molecule has 4 atom stereocenters. The van der Waals surface area contributed by atoms with E-state index >= 15 is 0 Å². The second-order valence-electron chi connectivity index (χ2n) is 9.67. The van der Waals surface area contributed by atoms with E-state index in [4.69, 9.17) is 0 Å². The molecule has 0 radical (unpaired) electrons. The summed E-state index contributed by atoms with van der Waals surface area (Å²) in [6.45, 7) is 9.78. The van der Waals surface area contributed by atoms with Gasteiger partial charge in [0, 0.05) is 17.9 Å². The molecule has 2 aromatic carbocycles. The lowest BCUT2D eigenvalue weighted by molar-refractivity contribution is -0.140. The third-order valence-electron chi connectivity index (χ3n) is 7.12. The van der Waals surface area contributed by atoms with Crippen molar-refractivity contribution in [2.24, 2.45) is 22.9 Å². The first kappa shape index (κ1) is 22.2. The second-order valence-corrected chi connectivity index (χ2v) is 9.67. The number of carbonyl (C=O) groups is 2. The van der Waals surface area contributed by atoms with Gasteiger partial charge in [-0.25, -0.2) is 4.79 Å². The van der Waals surface area contributed by atoms with Gasteiger partial charge >= 0.3 is 5.97 Å². The fourth-order valence-electron chi connectivity index (χ4n) is 5.46.